The summed E-state index contributed by atoms with van der Waals surface area (Å²) in [5.74, 6) is 0.192. The highest BCUT2D eigenvalue weighted by Gasteiger charge is 2.23. The molecule has 0 spiro atoms. The number of anilines is 1. The number of aromatic nitrogens is 2. The van der Waals surface area contributed by atoms with E-state index in [0.29, 0.717) is 36.8 Å². The lowest BCUT2D eigenvalue weighted by Crippen LogP contribution is -2.32. The number of benzene rings is 3. The average Bonchev–Trinajstić information content (AvgIpc) is 2.99. The number of hydrogen-bond donors (Lipinski definition) is 1. The van der Waals surface area contributed by atoms with Gasteiger partial charge in [0.05, 0.1) is 28.2 Å². The molecule has 1 N–H and O–H groups in total. The summed E-state index contributed by atoms with van der Waals surface area (Å²) in [6, 6.07) is 21.7. The van der Waals surface area contributed by atoms with Crippen molar-refractivity contribution in [3.63, 3.8) is 0 Å². The third-order valence-corrected chi connectivity index (χ3v) is 7.74. The number of hydrogen-bond acceptors (Lipinski definition) is 9. The summed E-state index contributed by atoms with van der Waals surface area (Å²) in [4.78, 5) is 34.1. The monoisotopic (exact) mass is 575 g/mol. The first kappa shape index (κ1) is 29.2. The van der Waals surface area contributed by atoms with E-state index >= 15 is 0 Å². The highest BCUT2D eigenvalue weighted by atomic mass is 32.2. The molecular weight excluding hydrogens is 546 g/mol. The number of methoxy groups -OCH3 is 1. The minimum atomic E-state index is -4.31. The van der Waals surface area contributed by atoms with E-state index < -0.39 is 20.9 Å². The van der Waals surface area contributed by atoms with Crippen molar-refractivity contribution in [2.45, 2.75) is 24.2 Å². The molecule has 0 aliphatic carbocycles. The number of amides is 1. The first-order chi connectivity index (χ1) is 19.7. The van der Waals surface area contributed by atoms with Gasteiger partial charge in [-0.25, -0.2) is 23.1 Å². The lowest BCUT2D eigenvalue weighted by molar-refractivity contribution is -0.384. The Hall–Kier alpha value is -4.84. The van der Waals surface area contributed by atoms with E-state index in [0.717, 1.165) is 41.8 Å². The van der Waals surface area contributed by atoms with Crippen molar-refractivity contribution in [2.75, 3.05) is 25.6 Å². The molecule has 41 heavy (non-hydrogen) atoms. The molecule has 12 heteroatoms. The number of likely N-dealkylation sites (N-methyl/N-ethyl adjacent to an activating group) is 1. The molecular formula is C29H29N5O6S. The zero-order chi connectivity index (χ0) is 29.4. The Bertz CT molecular complexity index is 1630. The van der Waals surface area contributed by atoms with Crippen LogP contribution in [0.4, 0.5) is 11.6 Å². The second kappa shape index (κ2) is 13.0. The lowest BCUT2D eigenvalue weighted by Gasteiger charge is -2.19. The molecule has 0 radical (unpaired) electrons. The number of rotatable bonds is 12. The van der Waals surface area contributed by atoms with E-state index in [4.69, 9.17) is 4.74 Å². The Morgan fingerprint density at radius 1 is 0.976 bits per heavy atom. The van der Waals surface area contributed by atoms with Crippen LogP contribution in [0, 0.1) is 10.1 Å². The number of nitro groups is 1. The number of aryl methyl sites for hydroxylation is 2. The van der Waals surface area contributed by atoms with Crippen molar-refractivity contribution in [2.24, 2.45) is 0 Å². The lowest BCUT2D eigenvalue weighted by atomic mass is 10.0. The van der Waals surface area contributed by atoms with Crippen LogP contribution in [-0.2, 0) is 29.3 Å². The number of sulfonamides is 1. The van der Waals surface area contributed by atoms with Crippen LogP contribution in [0.15, 0.2) is 90.0 Å². The molecule has 0 saturated carbocycles. The zero-order valence-corrected chi connectivity index (χ0v) is 23.4. The molecule has 3 aromatic carbocycles. The summed E-state index contributed by atoms with van der Waals surface area (Å²) in [5.41, 5.74) is 2.23. The van der Waals surface area contributed by atoms with Gasteiger partial charge in [0, 0.05) is 31.9 Å². The molecule has 11 nitrogen and oxygen atoms in total. The molecule has 0 saturated heterocycles. The van der Waals surface area contributed by atoms with Crippen LogP contribution < -0.4 is 14.4 Å². The molecule has 0 aliphatic heterocycles. The average molecular weight is 576 g/mol. The van der Waals surface area contributed by atoms with Gasteiger partial charge in [0.2, 0.25) is 5.95 Å². The summed E-state index contributed by atoms with van der Waals surface area (Å²) in [6.07, 6.45) is 2.92. The minimum Gasteiger partial charge on any atom is -0.497 e. The first-order valence-electron chi connectivity index (χ1n) is 12.7. The third-order valence-electron chi connectivity index (χ3n) is 6.39. The standard InChI is InChI=1S/C29H29N5O6S/c1-33(18-17-21-7-4-3-5-8-21)29-30-20-26(27(31-29)16-11-22-9-6-10-24(19-22)40-2)28(35)32-41(38,39)25-14-12-23(13-15-25)34(36)37/h3-10,12-15,19-20H,11,16-18H2,1-2H3,(H,32,35). The molecule has 1 amide bonds. The fraction of sp³-hybridized carbons (Fsp3) is 0.207. The van der Waals surface area contributed by atoms with Gasteiger partial charge >= 0.3 is 0 Å². The SMILES string of the molecule is COc1cccc(CCc2nc(N(C)CCc3ccccc3)ncc2C(=O)NS(=O)(=O)c2ccc([N+](=O)[O-])cc2)c1. The van der Waals surface area contributed by atoms with Gasteiger partial charge in [-0.2, -0.15) is 0 Å². The van der Waals surface area contributed by atoms with Gasteiger partial charge in [-0.3, -0.25) is 14.9 Å². The van der Waals surface area contributed by atoms with Crippen LogP contribution >= 0.6 is 0 Å². The number of non-ortho nitro benzene ring substituents is 1. The van der Waals surface area contributed by atoms with Crippen LogP contribution in [-0.4, -0.2) is 49.9 Å². The normalized spacial score (nSPS) is 11.1. The Labute approximate surface area is 238 Å². The van der Waals surface area contributed by atoms with Gasteiger partial charge in [-0.1, -0.05) is 42.5 Å². The zero-order valence-electron chi connectivity index (χ0n) is 22.6. The molecule has 0 unspecified atom stereocenters. The van der Waals surface area contributed by atoms with Gasteiger partial charge in [0.1, 0.15) is 5.75 Å². The van der Waals surface area contributed by atoms with E-state index in [1.165, 1.54) is 6.20 Å². The van der Waals surface area contributed by atoms with Gasteiger partial charge in [-0.05, 0) is 54.7 Å². The number of nitrogens with zero attached hydrogens (tertiary/aromatic N) is 4. The molecule has 4 rings (SSSR count). The highest BCUT2D eigenvalue weighted by molar-refractivity contribution is 7.90. The third kappa shape index (κ3) is 7.63. The second-order valence-electron chi connectivity index (χ2n) is 9.22. The van der Waals surface area contributed by atoms with Crippen molar-refractivity contribution >= 4 is 27.6 Å². The van der Waals surface area contributed by atoms with Crippen molar-refractivity contribution in [3.05, 3.63) is 118 Å². The first-order valence-corrected chi connectivity index (χ1v) is 14.2. The molecule has 0 aliphatic rings. The molecule has 1 heterocycles. The van der Waals surface area contributed by atoms with Crippen molar-refractivity contribution in [1.82, 2.24) is 14.7 Å². The second-order valence-corrected chi connectivity index (χ2v) is 10.9. The molecule has 0 bridgehead atoms. The number of nitrogens with one attached hydrogen (secondary N) is 1. The fourth-order valence-electron chi connectivity index (χ4n) is 4.09. The Morgan fingerprint density at radius 2 is 1.68 bits per heavy atom. The maximum absolute atomic E-state index is 13.2. The molecule has 0 fully saturated rings. The fourth-order valence-corrected chi connectivity index (χ4v) is 5.05. The number of carbonyl (C=O) groups excluding carboxylic acids is 1. The molecule has 4 aromatic rings. The molecule has 1 aromatic heterocycles. The van der Waals surface area contributed by atoms with E-state index in [9.17, 15) is 23.3 Å². The smallest absolute Gasteiger partial charge is 0.269 e. The Balaban J connectivity index is 1.58. The van der Waals surface area contributed by atoms with Gasteiger partial charge in [-0.15, -0.1) is 0 Å². The summed E-state index contributed by atoms with van der Waals surface area (Å²) in [6.45, 7) is 0.624. The maximum Gasteiger partial charge on any atom is 0.269 e. The predicted molar refractivity (Wildman–Crippen MR) is 154 cm³/mol. The highest BCUT2D eigenvalue weighted by Crippen LogP contribution is 2.20. The summed E-state index contributed by atoms with van der Waals surface area (Å²) in [7, 11) is -0.885. The van der Waals surface area contributed by atoms with Crippen LogP contribution in [0.3, 0.4) is 0 Å². The minimum absolute atomic E-state index is 0.0126. The largest absolute Gasteiger partial charge is 0.497 e. The Kier molecular flexibility index (Phi) is 9.25. The van der Waals surface area contributed by atoms with Crippen LogP contribution in [0.5, 0.6) is 5.75 Å². The van der Waals surface area contributed by atoms with E-state index in [1.54, 1.807) is 7.11 Å². The number of nitro benzene ring substituents is 1. The van der Waals surface area contributed by atoms with Gasteiger partial charge < -0.3 is 9.64 Å². The summed E-state index contributed by atoms with van der Waals surface area (Å²) in [5, 5.41) is 10.9. The van der Waals surface area contributed by atoms with Crippen molar-refractivity contribution in [3.8, 4) is 5.75 Å². The van der Waals surface area contributed by atoms with E-state index in [-0.39, 0.29) is 16.1 Å². The van der Waals surface area contributed by atoms with Gasteiger partial charge in [0.15, 0.2) is 0 Å². The molecule has 212 valence electrons. The predicted octanol–water partition coefficient (Wildman–Crippen LogP) is 3.98. The van der Waals surface area contributed by atoms with E-state index in [2.05, 4.69) is 9.97 Å². The summed E-state index contributed by atoms with van der Waals surface area (Å²) < 4.78 is 33.1. The summed E-state index contributed by atoms with van der Waals surface area (Å²) >= 11 is 0. The molecule has 0 atom stereocenters. The van der Waals surface area contributed by atoms with Crippen LogP contribution in [0.25, 0.3) is 0 Å². The number of carbonyl (C=O) groups is 1. The van der Waals surface area contributed by atoms with Gasteiger partial charge in [0.25, 0.3) is 21.6 Å². The Morgan fingerprint density at radius 3 is 2.37 bits per heavy atom. The van der Waals surface area contributed by atoms with Crippen molar-refractivity contribution < 1.29 is 22.9 Å². The van der Waals surface area contributed by atoms with E-state index in [1.807, 2.05) is 71.3 Å². The van der Waals surface area contributed by atoms with Crippen LogP contribution in [0.2, 0.25) is 0 Å². The maximum atomic E-state index is 13.2. The topological polar surface area (TPSA) is 145 Å². The quantitative estimate of drug-likeness (QED) is 0.196. The van der Waals surface area contributed by atoms with Crippen LogP contribution in [0.1, 0.15) is 27.2 Å². The van der Waals surface area contributed by atoms with Crippen molar-refractivity contribution in [1.29, 1.82) is 0 Å². The number of ether oxygens (including phenoxy) is 1.